The zero-order valence-corrected chi connectivity index (χ0v) is 6.89. The van der Waals surface area contributed by atoms with Crippen LogP contribution in [0.15, 0.2) is 0 Å². The van der Waals surface area contributed by atoms with Gasteiger partial charge in [0, 0.05) is 13.1 Å². The first-order valence-electron chi connectivity index (χ1n) is 3.53. The minimum absolute atomic E-state index is 0.0269. The molecular formula is C5H12BFN3O2. The summed E-state index contributed by atoms with van der Waals surface area (Å²) in [5.41, 5.74) is 2.10. The van der Waals surface area contributed by atoms with Crippen molar-refractivity contribution in [2.75, 3.05) is 26.7 Å². The third-order valence-electron chi connectivity index (χ3n) is 1.06. The predicted octanol–water partition coefficient (Wildman–Crippen LogP) is -1.65. The highest BCUT2D eigenvalue weighted by Gasteiger charge is 1.98. The van der Waals surface area contributed by atoms with Crippen molar-refractivity contribution < 1.29 is 13.9 Å². The van der Waals surface area contributed by atoms with Crippen molar-refractivity contribution >= 4 is 13.7 Å². The van der Waals surface area contributed by atoms with Gasteiger partial charge in [0.2, 0.25) is 5.91 Å². The van der Waals surface area contributed by atoms with Gasteiger partial charge in [-0.1, -0.05) is 0 Å². The summed E-state index contributed by atoms with van der Waals surface area (Å²) in [5.74, 6) is -0.243. The maximum Gasteiger partial charge on any atom is 0.553 e. The molecule has 0 bridgehead atoms. The van der Waals surface area contributed by atoms with Gasteiger partial charge < -0.3 is 15.4 Å². The number of rotatable bonds is 7. The zero-order chi connectivity index (χ0) is 9.23. The first-order valence-corrected chi connectivity index (χ1v) is 3.53. The van der Waals surface area contributed by atoms with Crippen molar-refractivity contribution in [3.8, 4) is 0 Å². The van der Waals surface area contributed by atoms with Crippen molar-refractivity contribution in [3.05, 3.63) is 0 Å². The number of hydrogen-bond acceptors (Lipinski definition) is 4. The van der Waals surface area contributed by atoms with Crippen LogP contribution in [0.5, 0.6) is 0 Å². The molecule has 0 spiro atoms. The van der Waals surface area contributed by atoms with Crippen LogP contribution < -0.4 is 16.1 Å². The van der Waals surface area contributed by atoms with Crippen LogP contribution in [0.25, 0.3) is 0 Å². The van der Waals surface area contributed by atoms with E-state index in [0.29, 0.717) is 13.1 Å². The Kier molecular flexibility index (Phi) is 7.98. The fourth-order valence-corrected chi connectivity index (χ4v) is 0.528. The van der Waals surface area contributed by atoms with Gasteiger partial charge in [-0.2, -0.15) is 0 Å². The Hall–Kier alpha value is -0.655. The summed E-state index contributed by atoms with van der Waals surface area (Å²) in [6.45, 7) is 1.17. The van der Waals surface area contributed by atoms with Gasteiger partial charge in [0.25, 0.3) is 0 Å². The number of carbonyl (C=O) groups is 1. The summed E-state index contributed by atoms with van der Waals surface area (Å²) in [5, 5.41) is 5.42. The van der Waals surface area contributed by atoms with Crippen LogP contribution in [-0.4, -0.2) is 40.3 Å². The van der Waals surface area contributed by atoms with Gasteiger partial charge in [-0.05, 0) is 7.05 Å². The Morgan fingerprint density at radius 2 is 2.33 bits per heavy atom. The van der Waals surface area contributed by atoms with E-state index in [-0.39, 0.29) is 20.2 Å². The SMILES string of the molecule is CNCCNC(=O)CNO[B]F. The van der Waals surface area contributed by atoms with E-state index < -0.39 is 0 Å². The number of nitrogens with one attached hydrogen (secondary N) is 3. The number of likely N-dealkylation sites (N-methyl/N-ethyl adjacent to an activating group) is 1. The molecule has 1 radical (unpaired) electrons. The van der Waals surface area contributed by atoms with E-state index in [2.05, 4.69) is 20.9 Å². The molecule has 0 fully saturated rings. The van der Waals surface area contributed by atoms with Crippen LogP contribution in [0.1, 0.15) is 0 Å². The molecule has 0 rings (SSSR count). The molecule has 0 saturated carbocycles. The maximum atomic E-state index is 11.2. The van der Waals surface area contributed by atoms with Gasteiger partial charge in [-0.15, -0.1) is 0 Å². The number of amides is 1. The van der Waals surface area contributed by atoms with E-state index in [1.807, 2.05) is 0 Å². The second-order valence-electron chi connectivity index (χ2n) is 1.98. The number of hydrogen-bond donors (Lipinski definition) is 3. The quantitative estimate of drug-likeness (QED) is 0.247. The maximum absolute atomic E-state index is 11.2. The molecule has 0 atom stereocenters. The highest BCUT2D eigenvalue weighted by molar-refractivity contribution is 6.16. The predicted molar refractivity (Wildman–Crippen MR) is 42.9 cm³/mol. The van der Waals surface area contributed by atoms with Crippen molar-refractivity contribution in [2.45, 2.75) is 0 Å². The Morgan fingerprint density at radius 1 is 1.58 bits per heavy atom. The van der Waals surface area contributed by atoms with Crippen molar-refractivity contribution in [2.24, 2.45) is 0 Å². The second kappa shape index (κ2) is 8.44. The fraction of sp³-hybridized carbons (Fsp3) is 0.800. The highest BCUT2D eigenvalue weighted by atomic mass is 19.1. The lowest BCUT2D eigenvalue weighted by molar-refractivity contribution is -0.121. The molecule has 0 unspecified atom stereocenters. The molecule has 0 heterocycles. The molecule has 0 aliphatic heterocycles. The monoisotopic (exact) mass is 176 g/mol. The molecule has 12 heavy (non-hydrogen) atoms. The fourth-order valence-electron chi connectivity index (χ4n) is 0.528. The normalized spacial score (nSPS) is 9.50. The molecular weight excluding hydrogens is 164 g/mol. The van der Waals surface area contributed by atoms with Crippen LogP contribution in [0, 0.1) is 0 Å². The summed E-state index contributed by atoms with van der Waals surface area (Å²) in [4.78, 5) is 10.8. The number of carbonyl (C=O) groups excluding carboxylic acids is 1. The molecule has 3 N–H and O–H groups in total. The molecule has 5 nitrogen and oxygen atoms in total. The topological polar surface area (TPSA) is 62.4 Å². The molecule has 0 saturated heterocycles. The van der Waals surface area contributed by atoms with Crippen molar-refractivity contribution in [1.29, 1.82) is 0 Å². The lowest BCUT2D eigenvalue weighted by Gasteiger charge is -2.04. The third kappa shape index (κ3) is 7.45. The van der Waals surface area contributed by atoms with Crippen LogP contribution in [-0.2, 0) is 9.55 Å². The van der Waals surface area contributed by atoms with Crippen molar-refractivity contribution in [3.63, 3.8) is 0 Å². The van der Waals surface area contributed by atoms with Gasteiger partial charge in [0.1, 0.15) is 0 Å². The van der Waals surface area contributed by atoms with Gasteiger partial charge in [-0.25, -0.2) is 5.48 Å². The average Bonchev–Trinajstić information content (AvgIpc) is 2.06. The van der Waals surface area contributed by atoms with Crippen molar-refractivity contribution in [1.82, 2.24) is 16.1 Å². The minimum Gasteiger partial charge on any atom is -0.354 e. The first-order chi connectivity index (χ1) is 5.81. The summed E-state index contributed by atoms with van der Waals surface area (Å²) >= 11 is 0. The minimum atomic E-state index is -0.243. The van der Waals surface area contributed by atoms with Crippen LogP contribution in [0.3, 0.4) is 0 Å². The molecule has 69 valence electrons. The van der Waals surface area contributed by atoms with E-state index in [0.717, 1.165) is 0 Å². The van der Waals surface area contributed by atoms with Crippen LogP contribution in [0.4, 0.5) is 4.32 Å². The highest BCUT2D eigenvalue weighted by Crippen LogP contribution is 1.66. The van der Waals surface area contributed by atoms with E-state index in [1.54, 1.807) is 7.05 Å². The molecule has 0 aliphatic carbocycles. The molecule has 0 aromatic carbocycles. The lowest BCUT2D eigenvalue weighted by Crippen LogP contribution is -2.37. The Balaban J connectivity index is 3.10. The smallest absolute Gasteiger partial charge is 0.354 e. The Bertz CT molecular complexity index is 115. The van der Waals surface area contributed by atoms with Gasteiger partial charge in [-0.3, -0.25) is 9.11 Å². The number of hydroxylamine groups is 1. The van der Waals surface area contributed by atoms with E-state index in [9.17, 15) is 9.11 Å². The van der Waals surface area contributed by atoms with Crippen LogP contribution >= 0.6 is 0 Å². The van der Waals surface area contributed by atoms with E-state index >= 15 is 0 Å². The Labute approximate surface area is 71.3 Å². The van der Waals surface area contributed by atoms with Crippen LogP contribution in [0.2, 0.25) is 0 Å². The molecule has 0 aliphatic rings. The van der Waals surface area contributed by atoms with Gasteiger partial charge >= 0.3 is 7.76 Å². The average molecular weight is 176 g/mol. The standard InChI is InChI=1S/C5H12BFN3O2/c1-8-2-3-9-5(11)4-10-12-6-7/h8,10H,2-4H2,1H3,(H,9,11). The summed E-state index contributed by atoms with van der Waals surface area (Å²) in [6, 6.07) is 0. The second-order valence-corrected chi connectivity index (χ2v) is 1.98. The molecule has 1 amide bonds. The number of halogens is 1. The zero-order valence-electron chi connectivity index (χ0n) is 6.89. The Morgan fingerprint density at radius 3 is 2.92 bits per heavy atom. The summed E-state index contributed by atoms with van der Waals surface area (Å²) < 4.78 is 15.2. The largest absolute Gasteiger partial charge is 0.553 e. The molecule has 0 aromatic rings. The molecule has 7 heteroatoms. The summed E-state index contributed by atoms with van der Waals surface area (Å²) in [6.07, 6.45) is 0. The van der Waals surface area contributed by atoms with Gasteiger partial charge in [0.15, 0.2) is 0 Å². The lowest BCUT2D eigenvalue weighted by atomic mass is 10.5. The molecule has 0 aromatic heterocycles. The third-order valence-corrected chi connectivity index (χ3v) is 1.06. The van der Waals surface area contributed by atoms with E-state index in [1.165, 1.54) is 0 Å². The summed E-state index contributed by atoms with van der Waals surface area (Å²) in [7, 11) is 1.76. The first kappa shape index (κ1) is 11.3. The van der Waals surface area contributed by atoms with E-state index in [4.69, 9.17) is 0 Å². The van der Waals surface area contributed by atoms with Gasteiger partial charge in [0.05, 0.1) is 6.54 Å².